The van der Waals surface area contributed by atoms with Gasteiger partial charge in [0.25, 0.3) is 0 Å². The van der Waals surface area contributed by atoms with Gasteiger partial charge in [0.05, 0.1) is 12.1 Å². The van der Waals surface area contributed by atoms with Crippen LogP contribution in [0.25, 0.3) is 33.4 Å². The predicted octanol–water partition coefficient (Wildman–Crippen LogP) is 5.96. The van der Waals surface area contributed by atoms with Gasteiger partial charge >= 0.3 is 0 Å². The molecule has 0 saturated carbocycles. The summed E-state index contributed by atoms with van der Waals surface area (Å²) in [4.78, 5) is 0. The van der Waals surface area contributed by atoms with Crippen molar-refractivity contribution in [2.75, 3.05) is 6.61 Å². The van der Waals surface area contributed by atoms with Crippen LogP contribution in [0.1, 0.15) is 18.1 Å². The van der Waals surface area contributed by atoms with E-state index in [9.17, 15) is 0 Å². The van der Waals surface area contributed by atoms with Crippen LogP contribution >= 0.6 is 0 Å². The molecule has 2 aliphatic rings. The van der Waals surface area contributed by atoms with Crippen LogP contribution in [0.3, 0.4) is 0 Å². The Morgan fingerprint density at radius 1 is 0.867 bits per heavy atom. The van der Waals surface area contributed by atoms with Crippen LogP contribution in [0.2, 0.25) is 0 Å². The first kappa shape index (κ1) is 18.4. The van der Waals surface area contributed by atoms with Gasteiger partial charge in [0.2, 0.25) is 0 Å². The van der Waals surface area contributed by atoms with Crippen LogP contribution in [-0.2, 0) is 6.54 Å². The van der Waals surface area contributed by atoms with Crippen molar-refractivity contribution < 1.29 is 4.74 Å². The molecule has 3 aromatic rings. The van der Waals surface area contributed by atoms with E-state index in [0.717, 1.165) is 45.7 Å². The average Bonchev–Trinajstić information content (AvgIpc) is 3.19. The molecule has 30 heavy (non-hydrogen) atoms. The lowest BCUT2D eigenvalue weighted by Gasteiger charge is -2.15. The molecule has 0 amide bonds. The molecule has 0 bridgehead atoms. The van der Waals surface area contributed by atoms with Gasteiger partial charge in [-0.05, 0) is 49.7 Å². The predicted molar refractivity (Wildman–Crippen MR) is 121 cm³/mol. The standard InChI is InChI=1S/C26H23N3O/c1-3-30-21-13-11-20(12-14-21)25-23-17-29(16-19-8-6-7-18(2)15-19)24-10-5-4-9-22(24)26(23)28-27-25/h4-15,17H,3,16H2,1-2H3. The zero-order valence-corrected chi connectivity index (χ0v) is 17.2. The van der Waals surface area contributed by atoms with Gasteiger partial charge in [-0.3, -0.25) is 0 Å². The Labute approximate surface area is 176 Å². The minimum Gasteiger partial charge on any atom is -0.494 e. The number of nitrogens with zero attached hydrogens (tertiary/aromatic N) is 3. The summed E-state index contributed by atoms with van der Waals surface area (Å²) in [6.45, 7) is 5.57. The molecule has 0 aromatic heterocycles. The van der Waals surface area contributed by atoms with E-state index in [1.54, 1.807) is 0 Å². The van der Waals surface area contributed by atoms with E-state index < -0.39 is 0 Å². The number of benzene rings is 3. The fourth-order valence-corrected chi connectivity index (χ4v) is 4.02. The SMILES string of the molecule is CCOc1ccc(-c2nnc3c4ccccc4n(Cc4cccc(C)c4)cc2-3)cc1. The molecule has 0 spiro atoms. The van der Waals surface area contributed by atoms with E-state index in [1.165, 1.54) is 11.1 Å². The monoisotopic (exact) mass is 393 g/mol. The second-order valence-electron chi connectivity index (χ2n) is 7.53. The van der Waals surface area contributed by atoms with Gasteiger partial charge in [-0.25, -0.2) is 0 Å². The number of aryl methyl sites for hydroxylation is 1. The highest BCUT2D eigenvalue weighted by molar-refractivity contribution is 5.98. The molecule has 0 fully saturated rings. The summed E-state index contributed by atoms with van der Waals surface area (Å²) in [5.41, 5.74) is 7.64. The first-order valence-corrected chi connectivity index (χ1v) is 10.3. The number of hydrogen-bond donors (Lipinski definition) is 0. The van der Waals surface area contributed by atoms with E-state index in [1.807, 2.05) is 19.1 Å². The number of ether oxygens (including phenoxy) is 1. The maximum atomic E-state index is 5.58. The third kappa shape index (κ3) is 3.30. The lowest BCUT2D eigenvalue weighted by molar-refractivity contribution is 0.340. The van der Waals surface area contributed by atoms with Gasteiger partial charge in [-0.1, -0.05) is 48.0 Å². The van der Waals surface area contributed by atoms with Gasteiger partial charge < -0.3 is 9.30 Å². The van der Waals surface area contributed by atoms with Gasteiger partial charge in [-0.2, -0.15) is 0 Å². The summed E-state index contributed by atoms with van der Waals surface area (Å²) >= 11 is 0. The third-order valence-electron chi connectivity index (χ3n) is 5.39. The van der Waals surface area contributed by atoms with Crippen molar-refractivity contribution in [1.29, 1.82) is 0 Å². The molecule has 2 heterocycles. The minimum atomic E-state index is 0.656. The molecule has 3 aromatic carbocycles. The molecule has 4 nitrogen and oxygen atoms in total. The number of rotatable bonds is 5. The van der Waals surface area contributed by atoms with Gasteiger partial charge in [0.1, 0.15) is 17.1 Å². The second kappa shape index (κ2) is 7.64. The van der Waals surface area contributed by atoms with Crippen LogP contribution in [-0.4, -0.2) is 21.4 Å². The van der Waals surface area contributed by atoms with E-state index in [4.69, 9.17) is 4.74 Å². The smallest absolute Gasteiger partial charge is 0.119 e. The van der Waals surface area contributed by atoms with E-state index in [0.29, 0.717) is 6.61 Å². The van der Waals surface area contributed by atoms with E-state index >= 15 is 0 Å². The molecule has 0 N–H and O–H groups in total. The van der Waals surface area contributed by atoms with Crippen LogP contribution in [0, 0.1) is 6.92 Å². The quantitative estimate of drug-likeness (QED) is 0.370. The highest BCUT2D eigenvalue weighted by atomic mass is 16.5. The summed E-state index contributed by atoms with van der Waals surface area (Å²) in [7, 11) is 0. The first-order valence-electron chi connectivity index (χ1n) is 10.3. The maximum absolute atomic E-state index is 5.58. The zero-order chi connectivity index (χ0) is 20.5. The second-order valence-corrected chi connectivity index (χ2v) is 7.53. The molecule has 5 rings (SSSR count). The van der Waals surface area contributed by atoms with Gasteiger partial charge in [0.15, 0.2) is 0 Å². The zero-order valence-electron chi connectivity index (χ0n) is 17.2. The van der Waals surface area contributed by atoms with Crippen molar-refractivity contribution in [3.63, 3.8) is 0 Å². The highest BCUT2D eigenvalue weighted by Crippen LogP contribution is 2.37. The molecule has 0 atom stereocenters. The fraction of sp³-hybridized carbons (Fsp3) is 0.154. The summed E-state index contributed by atoms with van der Waals surface area (Å²) in [6, 6.07) is 25.1. The van der Waals surface area contributed by atoms with Crippen LogP contribution in [0.4, 0.5) is 0 Å². The summed E-state index contributed by atoms with van der Waals surface area (Å²) < 4.78 is 7.88. The van der Waals surface area contributed by atoms with Crippen LogP contribution < -0.4 is 4.74 Å². The Morgan fingerprint density at radius 3 is 2.47 bits per heavy atom. The van der Waals surface area contributed by atoms with Gasteiger partial charge in [-0.15, -0.1) is 10.2 Å². The van der Waals surface area contributed by atoms with Crippen LogP contribution in [0.15, 0.2) is 79.0 Å². The molecule has 0 aliphatic carbocycles. The lowest BCUT2D eigenvalue weighted by atomic mass is 10.0. The Balaban J connectivity index is 1.65. The minimum absolute atomic E-state index is 0.656. The number of pyridine rings is 1. The molecule has 0 saturated heterocycles. The highest BCUT2D eigenvalue weighted by Gasteiger charge is 2.20. The number of hydrogen-bond acceptors (Lipinski definition) is 3. The molecule has 0 radical (unpaired) electrons. The maximum Gasteiger partial charge on any atom is 0.119 e. The number of fused-ring (bicyclic) bond motifs is 3. The Morgan fingerprint density at radius 2 is 1.67 bits per heavy atom. The molecular formula is C26H23N3O. The normalized spacial score (nSPS) is 11.3. The third-order valence-corrected chi connectivity index (χ3v) is 5.39. The molecule has 148 valence electrons. The summed E-state index contributed by atoms with van der Waals surface area (Å²) in [6.07, 6.45) is 2.19. The van der Waals surface area contributed by atoms with Crippen LogP contribution in [0.5, 0.6) is 5.75 Å². The molecule has 2 aliphatic heterocycles. The van der Waals surface area contributed by atoms with Crippen molar-refractivity contribution in [3.05, 3.63) is 90.1 Å². The first-order chi connectivity index (χ1) is 14.7. The Kier molecular flexibility index (Phi) is 4.68. The van der Waals surface area contributed by atoms with Crippen molar-refractivity contribution in [2.45, 2.75) is 20.4 Å². The Hall–Kier alpha value is -3.66. The van der Waals surface area contributed by atoms with Gasteiger partial charge in [0, 0.05) is 29.3 Å². The lowest BCUT2D eigenvalue weighted by Crippen LogP contribution is -2.04. The van der Waals surface area contributed by atoms with Crippen molar-refractivity contribution in [3.8, 4) is 28.3 Å². The fourth-order valence-electron chi connectivity index (χ4n) is 4.02. The average molecular weight is 393 g/mol. The largest absolute Gasteiger partial charge is 0.494 e. The van der Waals surface area contributed by atoms with E-state index in [-0.39, 0.29) is 0 Å². The number of aromatic nitrogens is 3. The Bertz CT molecular complexity index is 1290. The van der Waals surface area contributed by atoms with E-state index in [2.05, 4.69) is 88.5 Å². The molecule has 0 unspecified atom stereocenters. The summed E-state index contributed by atoms with van der Waals surface area (Å²) in [5.74, 6) is 0.866. The topological polar surface area (TPSA) is 39.9 Å². The molecular weight excluding hydrogens is 370 g/mol. The molecule has 4 heteroatoms. The number of para-hydroxylation sites is 1. The van der Waals surface area contributed by atoms with Crippen molar-refractivity contribution in [2.24, 2.45) is 0 Å². The van der Waals surface area contributed by atoms with Crippen molar-refractivity contribution >= 4 is 10.9 Å². The van der Waals surface area contributed by atoms with Crippen molar-refractivity contribution in [1.82, 2.24) is 14.8 Å². The summed E-state index contributed by atoms with van der Waals surface area (Å²) in [5, 5.41) is 10.2.